The number of hydrogen-bond donors (Lipinski definition) is 0. The van der Waals surface area contributed by atoms with Crippen molar-refractivity contribution in [3.05, 3.63) is 87.5 Å². The molecule has 5 heterocycles. The Bertz CT molecular complexity index is 1220. The first-order valence-electron chi connectivity index (χ1n) is 19.8. The Morgan fingerprint density at radius 2 is 0.396 bits per heavy atom. The molecule has 0 amide bonds. The van der Waals surface area contributed by atoms with Crippen LogP contribution in [0.5, 0.6) is 0 Å². The fourth-order valence-corrected chi connectivity index (χ4v) is 16.2. The van der Waals surface area contributed by atoms with E-state index in [0.29, 0.717) is 0 Å². The van der Waals surface area contributed by atoms with Crippen molar-refractivity contribution in [1.29, 1.82) is 0 Å². The number of hydrogen-bond acceptors (Lipinski definition) is 4. The Balaban J connectivity index is 1.90. The Labute approximate surface area is 310 Å². The summed E-state index contributed by atoms with van der Waals surface area (Å²) in [5, 5.41) is 0. The Kier molecular flexibility index (Phi) is 13.0. The maximum Gasteiger partial charge on any atom is 0.0390 e. The molecule has 0 saturated heterocycles. The van der Waals surface area contributed by atoms with Crippen molar-refractivity contribution < 1.29 is 0 Å². The fraction of sp³-hybridized carbons (Fsp3) is 0.636. The van der Waals surface area contributed by atoms with E-state index >= 15 is 0 Å². The predicted molar refractivity (Wildman–Crippen MR) is 220 cm³/mol. The van der Waals surface area contributed by atoms with Crippen LogP contribution in [-0.2, 0) is 21.7 Å². The van der Waals surface area contributed by atoms with Gasteiger partial charge < -0.3 is 0 Å². The molecule has 4 heteroatoms. The minimum Gasteiger partial charge on any atom is -0.143 e. The lowest BCUT2D eigenvalue weighted by molar-refractivity contribution is 0.438. The van der Waals surface area contributed by atoms with Gasteiger partial charge in [-0.05, 0) is 99.9 Å². The Morgan fingerprint density at radius 3 is 0.500 bits per heavy atom. The van der Waals surface area contributed by atoms with E-state index in [-0.39, 0.29) is 21.7 Å². The summed E-state index contributed by atoms with van der Waals surface area (Å²) in [5.74, 6) is 0. The summed E-state index contributed by atoms with van der Waals surface area (Å²) in [6.07, 6.45) is 19.5. The first-order valence-corrected chi connectivity index (χ1v) is 23.0. The van der Waals surface area contributed by atoms with Crippen LogP contribution in [-0.4, -0.2) is 0 Å². The van der Waals surface area contributed by atoms with Crippen molar-refractivity contribution in [3.63, 3.8) is 0 Å². The van der Waals surface area contributed by atoms with Crippen LogP contribution in [0.4, 0.5) is 0 Å². The van der Waals surface area contributed by atoms with Crippen molar-refractivity contribution in [1.82, 2.24) is 0 Å². The van der Waals surface area contributed by atoms with Crippen molar-refractivity contribution in [2.24, 2.45) is 0 Å². The second-order valence-corrected chi connectivity index (χ2v) is 19.3. The molecule has 0 fully saturated rings. The quantitative estimate of drug-likeness (QED) is 0.108. The molecule has 0 aromatic carbocycles. The summed E-state index contributed by atoms with van der Waals surface area (Å²) in [7, 11) is 0. The highest BCUT2D eigenvalue weighted by atomic mass is 32.1. The third kappa shape index (κ3) is 6.52. The normalized spacial score (nSPS) is 17.5. The van der Waals surface area contributed by atoms with Gasteiger partial charge in [0.1, 0.15) is 0 Å². The van der Waals surface area contributed by atoms with E-state index in [9.17, 15) is 0 Å². The van der Waals surface area contributed by atoms with Gasteiger partial charge in [-0.25, -0.2) is 0 Å². The Hall–Kier alpha value is -1.20. The molecule has 1 aliphatic rings. The highest BCUT2D eigenvalue weighted by Gasteiger charge is 2.45. The second-order valence-electron chi connectivity index (χ2n) is 15.0. The Morgan fingerprint density at radius 1 is 0.271 bits per heavy atom. The maximum absolute atomic E-state index is 2.59. The maximum atomic E-state index is 2.59. The SMILES string of the molecule is CCCC1(CCC)c2ccc(s2)C(CCC)(CCC)c2ccc(s2)C(CCC)(CCC)c2ccc(s2)C(CCC)(CCC)c2ccc1s2. The largest absolute Gasteiger partial charge is 0.143 e. The van der Waals surface area contributed by atoms with Gasteiger partial charge in [-0.1, -0.05) is 107 Å². The molecule has 264 valence electrons. The third-order valence-electron chi connectivity index (χ3n) is 11.6. The lowest BCUT2D eigenvalue weighted by Gasteiger charge is -2.36. The van der Waals surface area contributed by atoms with E-state index in [1.807, 2.05) is 0 Å². The van der Waals surface area contributed by atoms with E-state index in [1.165, 1.54) is 103 Å². The molecule has 0 saturated carbocycles. The van der Waals surface area contributed by atoms with E-state index in [0.717, 1.165) is 0 Å². The van der Waals surface area contributed by atoms with E-state index < -0.39 is 0 Å². The molecule has 0 aliphatic carbocycles. The lowest BCUT2D eigenvalue weighted by atomic mass is 9.74. The first kappa shape index (κ1) is 38.0. The van der Waals surface area contributed by atoms with E-state index in [4.69, 9.17) is 0 Å². The molecule has 1 aliphatic heterocycles. The molecule has 0 spiro atoms. The van der Waals surface area contributed by atoms with Gasteiger partial charge in [-0.15, -0.1) is 45.3 Å². The van der Waals surface area contributed by atoms with Gasteiger partial charge in [0.05, 0.1) is 0 Å². The molecule has 8 bridgehead atoms. The van der Waals surface area contributed by atoms with Gasteiger partial charge in [0.2, 0.25) is 0 Å². The molecule has 0 atom stereocenters. The van der Waals surface area contributed by atoms with Crippen LogP contribution < -0.4 is 0 Å². The highest BCUT2D eigenvalue weighted by molar-refractivity contribution is 7.16. The van der Waals surface area contributed by atoms with Gasteiger partial charge in [-0.3, -0.25) is 0 Å². The summed E-state index contributed by atoms with van der Waals surface area (Å²) in [5.41, 5.74) is 0.386. The van der Waals surface area contributed by atoms with Crippen LogP contribution in [0.1, 0.15) is 197 Å². The van der Waals surface area contributed by atoms with Crippen LogP contribution >= 0.6 is 45.3 Å². The summed E-state index contributed by atoms with van der Waals surface area (Å²) in [6, 6.07) is 20.7. The van der Waals surface area contributed by atoms with Crippen LogP contribution in [0.25, 0.3) is 0 Å². The van der Waals surface area contributed by atoms with Gasteiger partial charge >= 0.3 is 0 Å². The number of rotatable bonds is 16. The molecule has 0 unspecified atom stereocenters. The molecule has 4 aromatic rings. The number of fused-ring (bicyclic) bond motifs is 8. The van der Waals surface area contributed by atoms with Gasteiger partial charge in [0, 0.05) is 60.7 Å². The van der Waals surface area contributed by atoms with E-state index in [2.05, 4.69) is 149 Å². The third-order valence-corrected chi connectivity index (χ3v) is 17.6. The summed E-state index contributed by atoms with van der Waals surface area (Å²) >= 11 is 8.76. The molecule has 48 heavy (non-hydrogen) atoms. The predicted octanol–water partition coefficient (Wildman–Crippen LogP) is 15.8. The zero-order chi connectivity index (χ0) is 34.4. The van der Waals surface area contributed by atoms with Gasteiger partial charge in [0.15, 0.2) is 0 Å². The highest BCUT2D eigenvalue weighted by Crippen LogP contribution is 2.57. The van der Waals surface area contributed by atoms with Crippen molar-refractivity contribution >= 4 is 45.3 Å². The van der Waals surface area contributed by atoms with Crippen LogP contribution in [0.2, 0.25) is 0 Å². The average molecular weight is 721 g/mol. The van der Waals surface area contributed by atoms with Crippen molar-refractivity contribution in [2.75, 3.05) is 0 Å². The standard InChI is InChI=1S/C44H64S4/c1-9-25-41(26-10-2)33-17-19-35(45-33)42(27-11-3,28-12-4)37-21-23-39(47-37)44(31-15-7,32-16-8)40-24-22-38(48-40)43(29-13-5,30-14-6)36-20-18-34(41)46-36/h17-24H,9-16,25-32H2,1-8H3. The van der Waals surface area contributed by atoms with Crippen molar-refractivity contribution in [2.45, 2.75) is 180 Å². The average Bonchev–Trinajstić information content (AvgIpc) is 3.91. The molecule has 0 radical (unpaired) electrons. The zero-order valence-electron chi connectivity index (χ0n) is 31.6. The first-order chi connectivity index (χ1) is 23.3. The lowest BCUT2D eigenvalue weighted by Crippen LogP contribution is -2.28. The smallest absolute Gasteiger partial charge is 0.0390 e. The van der Waals surface area contributed by atoms with Crippen LogP contribution in [0.3, 0.4) is 0 Å². The van der Waals surface area contributed by atoms with Gasteiger partial charge in [-0.2, -0.15) is 0 Å². The van der Waals surface area contributed by atoms with Gasteiger partial charge in [0.25, 0.3) is 0 Å². The molecule has 5 rings (SSSR count). The molecule has 4 aromatic heterocycles. The molecule has 0 N–H and O–H groups in total. The minimum absolute atomic E-state index is 0.0966. The fourth-order valence-electron chi connectivity index (χ4n) is 9.78. The second kappa shape index (κ2) is 16.4. The molecular formula is C44H64S4. The van der Waals surface area contributed by atoms with Crippen molar-refractivity contribution in [3.8, 4) is 0 Å². The summed E-state index contributed by atoms with van der Waals surface area (Å²) in [6.45, 7) is 19.3. The zero-order valence-corrected chi connectivity index (χ0v) is 34.8. The van der Waals surface area contributed by atoms with E-state index in [1.54, 1.807) is 39.0 Å². The topological polar surface area (TPSA) is 0 Å². The summed E-state index contributed by atoms with van der Waals surface area (Å²) < 4.78 is 0. The van der Waals surface area contributed by atoms with Crippen LogP contribution in [0, 0.1) is 0 Å². The molecule has 0 nitrogen and oxygen atoms in total. The molecular weight excluding hydrogens is 657 g/mol. The monoisotopic (exact) mass is 720 g/mol. The number of thiophene rings is 4. The summed E-state index contributed by atoms with van der Waals surface area (Å²) in [4.78, 5) is 13.0. The van der Waals surface area contributed by atoms with Crippen LogP contribution in [0.15, 0.2) is 48.5 Å². The minimum atomic E-state index is 0.0966.